The van der Waals surface area contributed by atoms with Crippen molar-refractivity contribution in [3.8, 4) is 0 Å². The minimum absolute atomic E-state index is 0.132. The molecule has 8 heteroatoms. The molecular formula is C19H29N3O4S. The lowest BCUT2D eigenvalue weighted by Crippen LogP contribution is -2.33. The molecule has 0 radical (unpaired) electrons. The summed E-state index contributed by atoms with van der Waals surface area (Å²) in [5.41, 5.74) is 1.80. The zero-order valence-electron chi connectivity index (χ0n) is 16.6. The van der Waals surface area contributed by atoms with Crippen molar-refractivity contribution >= 4 is 41.0 Å². The van der Waals surface area contributed by atoms with Gasteiger partial charge in [-0.05, 0) is 44.9 Å². The number of nitrogens with one attached hydrogen (secondary N) is 3. The molecule has 0 spiro atoms. The van der Waals surface area contributed by atoms with Crippen LogP contribution in [0.1, 0.15) is 40.2 Å². The highest BCUT2D eigenvalue weighted by molar-refractivity contribution is 7.99. The molecule has 1 aromatic carbocycles. The van der Waals surface area contributed by atoms with Crippen LogP contribution in [0.3, 0.4) is 0 Å². The molecule has 3 amide bonds. The lowest BCUT2D eigenvalue weighted by Gasteiger charge is -2.19. The Morgan fingerprint density at radius 3 is 2.44 bits per heavy atom. The highest BCUT2D eigenvalue weighted by atomic mass is 32.2. The number of alkyl carbamates (subject to hydrolysis) is 1. The number of benzene rings is 1. The number of anilines is 2. The summed E-state index contributed by atoms with van der Waals surface area (Å²) in [6.45, 7) is 9.27. The third-order valence-electron chi connectivity index (χ3n) is 3.23. The van der Waals surface area contributed by atoms with Crippen LogP contribution in [0, 0.1) is 0 Å². The molecule has 0 saturated heterocycles. The second kappa shape index (κ2) is 10.8. The molecule has 0 saturated carbocycles. The molecule has 0 aromatic heterocycles. The maximum atomic E-state index is 12.2. The van der Waals surface area contributed by atoms with Crippen molar-refractivity contribution in [1.29, 1.82) is 0 Å². The highest BCUT2D eigenvalue weighted by Crippen LogP contribution is 2.22. The molecule has 150 valence electrons. The second-order valence-corrected chi connectivity index (χ2v) is 8.04. The molecular weight excluding hydrogens is 366 g/mol. The summed E-state index contributed by atoms with van der Waals surface area (Å²) in [5.74, 6) is 0.569. The van der Waals surface area contributed by atoms with Crippen LogP contribution in [0.2, 0.25) is 0 Å². The van der Waals surface area contributed by atoms with Gasteiger partial charge in [0.15, 0.2) is 0 Å². The van der Waals surface area contributed by atoms with E-state index >= 15 is 0 Å². The number of aryl methyl sites for hydroxylation is 1. The van der Waals surface area contributed by atoms with Crippen molar-refractivity contribution in [2.24, 2.45) is 0 Å². The third kappa shape index (κ3) is 9.89. The smallest absolute Gasteiger partial charge is 0.407 e. The summed E-state index contributed by atoms with van der Waals surface area (Å²) in [4.78, 5) is 34.9. The summed E-state index contributed by atoms with van der Waals surface area (Å²) < 4.78 is 5.14. The van der Waals surface area contributed by atoms with Gasteiger partial charge in [0.1, 0.15) is 5.60 Å². The number of carbonyl (C=O) groups excluding carboxylic acids is 3. The Morgan fingerprint density at radius 1 is 1.15 bits per heavy atom. The first-order valence-corrected chi connectivity index (χ1v) is 10.0. The van der Waals surface area contributed by atoms with E-state index in [2.05, 4.69) is 16.0 Å². The standard InChI is InChI=1S/C19H29N3O4S/c1-6-14-7-8-15(21-13(2)23)11-16(14)22-17(24)12-27-10-9-20-18(25)26-19(3,4)5/h7-8,11H,6,9-10,12H2,1-5H3,(H,20,25)(H,21,23)(H,22,24). The van der Waals surface area contributed by atoms with Gasteiger partial charge in [-0.2, -0.15) is 11.8 Å². The lowest BCUT2D eigenvalue weighted by molar-refractivity contribution is -0.114. The van der Waals surface area contributed by atoms with Gasteiger partial charge in [-0.1, -0.05) is 13.0 Å². The van der Waals surface area contributed by atoms with Crippen LogP contribution in [0.15, 0.2) is 18.2 Å². The normalized spacial score (nSPS) is 10.9. The monoisotopic (exact) mass is 395 g/mol. The molecule has 27 heavy (non-hydrogen) atoms. The zero-order chi connectivity index (χ0) is 20.4. The number of ether oxygens (including phenoxy) is 1. The molecule has 0 aliphatic heterocycles. The fourth-order valence-electron chi connectivity index (χ4n) is 2.17. The van der Waals surface area contributed by atoms with Crippen LogP contribution < -0.4 is 16.0 Å². The molecule has 1 aromatic rings. The fraction of sp³-hybridized carbons (Fsp3) is 0.526. The number of rotatable bonds is 8. The first-order chi connectivity index (χ1) is 12.6. The highest BCUT2D eigenvalue weighted by Gasteiger charge is 2.15. The maximum absolute atomic E-state index is 12.2. The molecule has 3 N–H and O–H groups in total. The molecule has 0 atom stereocenters. The number of amides is 3. The Hall–Kier alpha value is -2.22. The number of carbonyl (C=O) groups is 3. The van der Waals surface area contributed by atoms with E-state index < -0.39 is 11.7 Å². The van der Waals surface area contributed by atoms with E-state index in [0.29, 0.717) is 23.7 Å². The minimum atomic E-state index is -0.528. The summed E-state index contributed by atoms with van der Waals surface area (Å²) in [6.07, 6.45) is 0.304. The van der Waals surface area contributed by atoms with Crippen LogP contribution >= 0.6 is 11.8 Å². The van der Waals surface area contributed by atoms with E-state index in [1.54, 1.807) is 26.8 Å². The second-order valence-electron chi connectivity index (χ2n) is 6.94. The molecule has 0 heterocycles. The molecule has 0 aliphatic rings. The van der Waals surface area contributed by atoms with Gasteiger partial charge in [-0.15, -0.1) is 0 Å². The largest absolute Gasteiger partial charge is 0.444 e. The third-order valence-corrected chi connectivity index (χ3v) is 4.19. The topological polar surface area (TPSA) is 96.5 Å². The number of hydrogen-bond donors (Lipinski definition) is 3. The number of thioether (sulfide) groups is 1. The van der Waals surface area contributed by atoms with Gasteiger partial charge in [0, 0.05) is 30.6 Å². The van der Waals surface area contributed by atoms with Crippen LogP contribution in [-0.2, 0) is 20.7 Å². The Bertz CT molecular complexity index is 671. The van der Waals surface area contributed by atoms with Gasteiger partial charge in [0.05, 0.1) is 5.75 Å². The average molecular weight is 396 g/mol. The van der Waals surface area contributed by atoms with Crippen LogP contribution in [0.4, 0.5) is 16.2 Å². The Balaban J connectivity index is 2.42. The predicted octanol–water partition coefficient (Wildman–Crippen LogP) is 3.40. The van der Waals surface area contributed by atoms with Crippen LogP contribution in [-0.4, -0.2) is 41.6 Å². The Labute approximate surface area is 165 Å². The molecule has 0 unspecified atom stereocenters. The van der Waals surface area contributed by atoms with Crippen molar-refractivity contribution in [3.63, 3.8) is 0 Å². The van der Waals surface area contributed by atoms with Crippen LogP contribution in [0.5, 0.6) is 0 Å². The quantitative estimate of drug-likeness (QED) is 0.586. The summed E-state index contributed by atoms with van der Waals surface area (Å²) in [7, 11) is 0. The first-order valence-electron chi connectivity index (χ1n) is 8.85. The van der Waals surface area contributed by atoms with Gasteiger partial charge < -0.3 is 20.7 Å². The van der Waals surface area contributed by atoms with Crippen LogP contribution in [0.25, 0.3) is 0 Å². The maximum Gasteiger partial charge on any atom is 0.407 e. The SMILES string of the molecule is CCc1ccc(NC(C)=O)cc1NC(=O)CSCCNC(=O)OC(C)(C)C. The van der Waals surface area contributed by atoms with Gasteiger partial charge in [0.2, 0.25) is 11.8 Å². The van der Waals surface area contributed by atoms with E-state index in [0.717, 1.165) is 12.0 Å². The van der Waals surface area contributed by atoms with Gasteiger partial charge in [0.25, 0.3) is 0 Å². The average Bonchev–Trinajstić information content (AvgIpc) is 2.52. The Morgan fingerprint density at radius 2 is 1.85 bits per heavy atom. The van der Waals surface area contributed by atoms with Gasteiger partial charge in [-0.25, -0.2) is 4.79 Å². The summed E-state index contributed by atoms with van der Waals surface area (Å²) >= 11 is 1.42. The Kier molecular flexibility index (Phi) is 9.14. The first kappa shape index (κ1) is 22.8. The zero-order valence-corrected chi connectivity index (χ0v) is 17.4. The van der Waals surface area contributed by atoms with Gasteiger partial charge >= 0.3 is 6.09 Å². The predicted molar refractivity (Wildman–Crippen MR) is 110 cm³/mol. The lowest BCUT2D eigenvalue weighted by atomic mass is 10.1. The fourth-order valence-corrected chi connectivity index (χ4v) is 2.82. The van der Waals surface area contributed by atoms with E-state index in [4.69, 9.17) is 4.74 Å². The van der Waals surface area contributed by atoms with Gasteiger partial charge in [-0.3, -0.25) is 9.59 Å². The van der Waals surface area contributed by atoms with Crippen molar-refractivity contribution < 1.29 is 19.1 Å². The molecule has 1 rings (SSSR count). The van der Waals surface area contributed by atoms with E-state index in [1.807, 2.05) is 19.1 Å². The van der Waals surface area contributed by atoms with E-state index in [9.17, 15) is 14.4 Å². The van der Waals surface area contributed by atoms with Crippen molar-refractivity contribution in [2.75, 3.05) is 28.7 Å². The summed E-state index contributed by atoms with van der Waals surface area (Å²) in [5, 5.41) is 8.24. The molecule has 7 nitrogen and oxygen atoms in total. The van der Waals surface area contributed by atoms with Crippen molar-refractivity contribution in [1.82, 2.24) is 5.32 Å². The van der Waals surface area contributed by atoms with Crippen molar-refractivity contribution in [2.45, 2.75) is 46.6 Å². The number of hydrogen-bond acceptors (Lipinski definition) is 5. The van der Waals surface area contributed by atoms with Crippen molar-refractivity contribution in [3.05, 3.63) is 23.8 Å². The van der Waals surface area contributed by atoms with E-state index in [-0.39, 0.29) is 17.6 Å². The summed E-state index contributed by atoms with van der Waals surface area (Å²) in [6, 6.07) is 5.46. The van der Waals surface area contributed by atoms with E-state index in [1.165, 1.54) is 18.7 Å². The molecule has 0 fully saturated rings. The molecule has 0 bridgehead atoms. The minimum Gasteiger partial charge on any atom is -0.444 e. The molecule has 0 aliphatic carbocycles.